The van der Waals surface area contributed by atoms with Crippen molar-refractivity contribution < 1.29 is 19.1 Å². The number of carbonyl (C=O) groups excluding carboxylic acids is 3. The van der Waals surface area contributed by atoms with Crippen molar-refractivity contribution in [2.45, 2.75) is 19.4 Å². The van der Waals surface area contributed by atoms with Gasteiger partial charge >= 0.3 is 5.97 Å². The molecule has 2 aromatic carbocycles. The number of carbonyl (C=O) groups is 3. The third-order valence-corrected chi connectivity index (χ3v) is 3.69. The highest BCUT2D eigenvalue weighted by molar-refractivity contribution is 6.30. The van der Waals surface area contributed by atoms with E-state index in [-0.39, 0.29) is 18.9 Å². The summed E-state index contributed by atoms with van der Waals surface area (Å²) in [5.74, 6) is -1.31. The molecule has 0 aromatic heterocycles. The highest BCUT2D eigenvalue weighted by Crippen LogP contribution is 2.09. The van der Waals surface area contributed by atoms with Gasteiger partial charge in [0.1, 0.15) is 0 Å². The number of halogens is 1. The minimum Gasteiger partial charge on any atom is -0.452 e. The summed E-state index contributed by atoms with van der Waals surface area (Å²) in [5, 5.41) is 5.79. The highest BCUT2D eigenvalue weighted by Gasteiger charge is 2.18. The molecule has 0 bridgehead atoms. The number of esters is 1. The molecule has 0 spiro atoms. The van der Waals surface area contributed by atoms with Crippen molar-refractivity contribution in [3.63, 3.8) is 0 Å². The average molecular weight is 375 g/mol. The number of nitrogens with one attached hydrogen (secondary N) is 2. The molecule has 7 heteroatoms. The Hall–Kier alpha value is -2.86. The lowest BCUT2D eigenvalue weighted by atomic mass is 10.2. The van der Waals surface area contributed by atoms with E-state index in [1.807, 2.05) is 6.07 Å². The fourth-order valence-electron chi connectivity index (χ4n) is 2.06. The molecule has 0 aliphatic heterocycles. The Morgan fingerprint density at radius 1 is 1.04 bits per heavy atom. The van der Waals surface area contributed by atoms with Gasteiger partial charge in [0.2, 0.25) is 0 Å². The Morgan fingerprint density at radius 2 is 1.69 bits per heavy atom. The smallest absolute Gasteiger partial charge is 0.308 e. The van der Waals surface area contributed by atoms with Crippen molar-refractivity contribution in [3.05, 3.63) is 65.2 Å². The van der Waals surface area contributed by atoms with Crippen LogP contribution in [0.5, 0.6) is 0 Å². The molecule has 0 heterocycles. The van der Waals surface area contributed by atoms with E-state index in [0.29, 0.717) is 16.3 Å². The molecule has 0 saturated carbocycles. The zero-order valence-corrected chi connectivity index (χ0v) is 15.0. The molecule has 2 rings (SSSR count). The summed E-state index contributed by atoms with van der Waals surface area (Å²) in [6, 6.07) is 15.3. The molecule has 26 heavy (non-hydrogen) atoms. The lowest BCUT2D eigenvalue weighted by Crippen LogP contribution is -2.32. The van der Waals surface area contributed by atoms with Crippen molar-refractivity contribution in [1.82, 2.24) is 5.32 Å². The molecule has 1 atom stereocenters. The van der Waals surface area contributed by atoms with Crippen LogP contribution in [0, 0.1) is 0 Å². The lowest BCUT2D eigenvalue weighted by Gasteiger charge is -2.13. The quantitative estimate of drug-likeness (QED) is 0.729. The topological polar surface area (TPSA) is 84.5 Å². The van der Waals surface area contributed by atoms with Crippen LogP contribution in [0.3, 0.4) is 0 Å². The summed E-state index contributed by atoms with van der Waals surface area (Å²) in [4.78, 5) is 35.7. The first-order chi connectivity index (χ1) is 12.5. The molecule has 2 N–H and O–H groups in total. The van der Waals surface area contributed by atoms with Crippen LogP contribution in [-0.4, -0.2) is 30.4 Å². The maximum atomic E-state index is 12.0. The van der Waals surface area contributed by atoms with Crippen molar-refractivity contribution in [3.8, 4) is 0 Å². The fraction of sp³-hybridized carbons (Fsp3) is 0.211. The minimum absolute atomic E-state index is 0.0394. The summed E-state index contributed by atoms with van der Waals surface area (Å²) in [6.45, 7) is 1.59. The van der Waals surface area contributed by atoms with E-state index in [1.54, 1.807) is 48.5 Å². The molecule has 6 nitrogen and oxygen atoms in total. The predicted molar refractivity (Wildman–Crippen MR) is 99.0 cm³/mol. The predicted octanol–water partition coefficient (Wildman–Crippen LogP) is 3.03. The van der Waals surface area contributed by atoms with Gasteiger partial charge in [0.05, 0.1) is 6.42 Å². The summed E-state index contributed by atoms with van der Waals surface area (Å²) in [7, 11) is 0. The van der Waals surface area contributed by atoms with E-state index < -0.39 is 18.0 Å². The van der Waals surface area contributed by atoms with Crippen molar-refractivity contribution in [2.75, 3.05) is 11.9 Å². The van der Waals surface area contributed by atoms with Crippen LogP contribution in [-0.2, 0) is 14.3 Å². The summed E-state index contributed by atoms with van der Waals surface area (Å²) >= 11 is 5.76. The first-order valence-electron chi connectivity index (χ1n) is 8.05. The van der Waals surface area contributed by atoms with E-state index in [1.165, 1.54) is 6.92 Å². The van der Waals surface area contributed by atoms with E-state index in [0.717, 1.165) is 0 Å². The second-order valence-electron chi connectivity index (χ2n) is 5.50. The average Bonchev–Trinajstić information content (AvgIpc) is 2.63. The third kappa shape index (κ3) is 6.22. The van der Waals surface area contributed by atoms with Crippen LogP contribution >= 0.6 is 11.6 Å². The Labute approximate surface area is 156 Å². The largest absolute Gasteiger partial charge is 0.452 e. The molecule has 1 unspecified atom stereocenters. The van der Waals surface area contributed by atoms with Crippen molar-refractivity contribution in [2.24, 2.45) is 0 Å². The number of para-hydroxylation sites is 1. The molecule has 2 aromatic rings. The van der Waals surface area contributed by atoms with E-state index >= 15 is 0 Å². The van der Waals surface area contributed by atoms with Gasteiger partial charge in [-0.3, -0.25) is 14.4 Å². The molecule has 0 aliphatic carbocycles. The molecule has 0 saturated heterocycles. The van der Waals surface area contributed by atoms with E-state index in [4.69, 9.17) is 16.3 Å². The van der Waals surface area contributed by atoms with Gasteiger partial charge in [-0.05, 0) is 43.3 Å². The molecule has 2 amide bonds. The van der Waals surface area contributed by atoms with Crippen molar-refractivity contribution >= 4 is 35.1 Å². The number of benzene rings is 2. The lowest BCUT2D eigenvalue weighted by molar-refractivity contribution is -0.153. The van der Waals surface area contributed by atoms with Crippen LogP contribution in [0.1, 0.15) is 23.7 Å². The normalized spacial score (nSPS) is 11.3. The van der Waals surface area contributed by atoms with Gasteiger partial charge in [0, 0.05) is 22.8 Å². The third-order valence-electron chi connectivity index (χ3n) is 3.44. The van der Waals surface area contributed by atoms with Crippen LogP contribution in [0.4, 0.5) is 5.69 Å². The summed E-state index contributed by atoms with van der Waals surface area (Å²) in [5.41, 5.74) is 1.06. The van der Waals surface area contributed by atoms with Gasteiger partial charge in [-0.1, -0.05) is 29.8 Å². The van der Waals surface area contributed by atoms with E-state index in [2.05, 4.69) is 10.6 Å². The molecular formula is C19H19ClN2O4. The number of anilines is 1. The summed E-state index contributed by atoms with van der Waals surface area (Å²) in [6.07, 6.45) is -0.975. The zero-order valence-electron chi connectivity index (χ0n) is 14.2. The second kappa shape index (κ2) is 9.58. The molecule has 0 fully saturated rings. The number of rotatable bonds is 7. The van der Waals surface area contributed by atoms with Crippen molar-refractivity contribution in [1.29, 1.82) is 0 Å². The first kappa shape index (κ1) is 19.5. The maximum absolute atomic E-state index is 12.0. The monoisotopic (exact) mass is 374 g/mol. The number of ether oxygens (including phenoxy) is 1. The minimum atomic E-state index is -0.935. The Balaban J connectivity index is 1.71. The zero-order chi connectivity index (χ0) is 18.9. The highest BCUT2D eigenvalue weighted by atomic mass is 35.5. The molecular weight excluding hydrogens is 356 g/mol. The van der Waals surface area contributed by atoms with Gasteiger partial charge in [0.25, 0.3) is 11.8 Å². The van der Waals surface area contributed by atoms with Gasteiger partial charge in [-0.15, -0.1) is 0 Å². The maximum Gasteiger partial charge on any atom is 0.308 e. The SMILES string of the molecule is CC(OC(=O)CCNC(=O)c1ccc(Cl)cc1)C(=O)Nc1ccccc1. The van der Waals surface area contributed by atoms with Gasteiger partial charge in [-0.2, -0.15) is 0 Å². The second-order valence-corrected chi connectivity index (χ2v) is 5.94. The Kier molecular flexibility index (Phi) is 7.17. The van der Waals surface area contributed by atoms with Gasteiger partial charge in [-0.25, -0.2) is 0 Å². The standard InChI is InChI=1S/C19H19ClN2O4/c1-13(18(24)22-16-5-3-2-4-6-16)26-17(23)11-12-21-19(25)14-7-9-15(20)10-8-14/h2-10,13H,11-12H2,1H3,(H,21,25)(H,22,24). The fourth-order valence-corrected chi connectivity index (χ4v) is 2.18. The van der Waals surface area contributed by atoms with Crippen LogP contribution in [0.25, 0.3) is 0 Å². The van der Waals surface area contributed by atoms with Crippen LogP contribution in [0.2, 0.25) is 5.02 Å². The number of hydrogen-bond donors (Lipinski definition) is 2. The Morgan fingerprint density at radius 3 is 2.35 bits per heavy atom. The van der Waals surface area contributed by atoms with Gasteiger partial charge < -0.3 is 15.4 Å². The molecule has 0 radical (unpaired) electrons. The van der Waals surface area contributed by atoms with Crippen LogP contribution < -0.4 is 10.6 Å². The first-order valence-corrected chi connectivity index (χ1v) is 8.42. The van der Waals surface area contributed by atoms with E-state index in [9.17, 15) is 14.4 Å². The molecule has 0 aliphatic rings. The Bertz CT molecular complexity index is 763. The summed E-state index contributed by atoms with van der Waals surface area (Å²) < 4.78 is 5.07. The van der Waals surface area contributed by atoms with Crippen LogP contribution in [0.15, 0.2) is 54.6 Å². The number of hydrogen-bond acceptors (Lipinski definition) is 4. The molecule has 136 valence electrons. The van der Waals surface area contributed by atoms with Gasteiger partial charge in [0.15, 0.2) is 6.10 Å². The number of amides is 2.